The van der Waals surface area contributed by atoms with Gasteiger partial charge in [-0.3, -0.25) is 0 Å². The molecule has 6 heteroatoms. The van der Waals surface area contributed by atoms with E-state index >= 15 is 0 Å². The third-order valence-corrected chi connectivity index (χ3v) is 8.50. The number of hydrogen-bond donors (Lipinski definition) is 0. The highest BCUT2D eigenvalue weighted by Crippen LogP contribution is 2.42. The van der Waals surface area contributed by atoms with Crippen molar-refractivity contribution in [3.63, 3.8) is 0 Å². The quantitative estimate of drug-likeness (QED) is 0.242. The van der Waals surface area contributed by atoms with Crippen LogP contribution in [-0.4, -0.2) is 38.4 Å². The molecule has 0 atom stereocenters. The molecule has 0 bridgehead atoms. The summed E-state index contributed by atoms with van der Waals surface area (Å²) in [5, 5.41) is 0. The van der Waals surface area contributed by atoms with Crippen molar-refractivity contribution in [2.24, 2.45) is 23.7 Å². The summed E-state index contributed by atoms with van der Waals surface area (Å²) in [6.07, 6.45) is 14.1. The van der Waals surface area contributed by atoms with E-state index in [1.54, 1.807) is 0 Å². The van der Waals surface area contributed by atoms with Crippen LogP contribution in [0.25, 0.3) is 0 Å². The molecule has 3 fully saturated rings. The van der Waals surface area contributed by atoms with E-state index in [1.807, 2.05) is 0 Å². The van der Waals surface area contributed by atoms with Gasteiger partial charge in [0.1, 0.15) is 0 Å². The molecule has 3 aliphatic rings. The lowest BCUT2D eigenvalue weighted by Gasteiger charge is -2.41. The molecule has 200 valence electrons. The first-order chi connectivity index (χ1) is 16.4. The van der Waals surface area contributed by atoms with Crippen LogP contribution in [0, 0.1) is 23.7 Å². The lowest BCUT2D eigenvalue weighted by atomic mass is 9.70. The van der Waals surface area contributed by atoms with Gasteiger partial charge in [0.25, 0.3) is 0 Å². The molecule has 2 aliphatic carbocycles. The predicted octanol–water partition coefficient (Wildman–Crippen LogP) is 8.45. The summed E-state index contributed by atoms with van der Waals surface area (Å²) in [6.45, 7) is 4.30. The Bertz CT molecular complexity index is 517. The van der Waals surface area contributed by atoms with Crippen molar-refractivity contribution in [3.05, 3.63) is 0 Å². The first kappa shape index (κ1) is 28.2. The van der Waals surface area contributed by atoms with E-state index < -0.39 is 12.6 Å². The topological polar surface area (TPSA) is 27.7 Å². The van der Waals surface area contributed by atoms with Crippen LogP contribution in [-0.2, 0) is 14.2 Å². The van der Waals surface area contributed by atoms with Gasteiger partial charge in [-0.1, -0.05) is 39.0 Å². The molecule has 0 radical (unpaired) electrons. The van der Waals surface area contributed by atoms with Gasteiger partial charge in [-0.25, -0.2) is 0 Å². The molecule has 0 aromatic carbocycles. The molecule has 0 amide bonds. The zero-order valence-electron chi connectivity index (χ0n) is 21.5. The fourth-order valence-corrected chi connectivity index (χ4v) is 6.34. The summed E-state index contributed by atoms with van der Waals surface area (Å²) in [7, 11) is 0. The van der Waals surface area contributed by atoms with Gasteiger partial charge in [0.05, 0.1) is 19.3 Å². The minimum atomic E-state index is -4.06. The Morgan fingerprint density at radius 2 is 1.26 bits per heavy atom. The van der Waals surface area contributed by atoms with Crippen LogP contribution >= 0.6 is 0 Å². The molecular formula is C28H49F3O3. The molecule has 0 aromatic heterocycles. The van der Waals surface area contributed by atoms with Crippen LogP contribution in [0.15, 0.2) is 0 Å². The number of alkyl halides is 3. The fraction of sp³-hybridized carbons (Fsp3) is 1.00. The summed E-state index contributed by atoms with van der Waals surface area (Å²) in [4.78, 5) is 0. The van der Waals surface area contributed by atoms with E-state index in [2.05, 4.69) is 6.92 Å². The van der Waals surface area contributed by atoms with Gasteiger partial charge in [-0.05, 0) is 82.5 Å². The van der Waals surface area contributed by atoms with Crippen molar-refractivity contribution in [2.45, 2.75) is 135 Å². The summed E-state index contributed by atoms with van der Waals surface area (Å²) >= 11 is 0. The van der Waals surface area contributed by atoms with Crippen LogP contribution in [0.3, 0.4) is 0 Å². The van der Waals surface area contributed by atoms with Crippen LogP contribution in [0.1, 0.15) is 116 Å². The number of unbranched alkanes of at least 4 members (excludes halogenated alkanes) is 5. The summed E-state index contributed by atoms with van der Waals surface area (Å²) in [6, 6.07) is 0. The Kier molecular flexibility index (Phi) is 12.5. The molecule has 0 N–H and O–H groups in total. The van der Waals surface area contributed by atoms with Gasteiger partial charge in [-0.15, -0.1) is 0 Å². The highest BCUT2D eigenvalue weighted by Gasteiger charge is 2.36. The molecule has 2 saturated carbocycles. The highest BCUT2D eigenvalue weighted by molar-refractivity contribution is 4.84. The first-order valence-corrected chi connectivity index (χ1v) is 14.4. The Morgan fingerprint density at radius 1 is 0.706 bits per heavy atom. The number of hydrogen-bond acceptors (Lipinski definition) is 3. The lowest BCUT2D eigenvalue weighted by molar-refractivity contribution is -0.231. The molecule has 0 aromatic rings. The second-order valence-electron chi connectivity index (χ2n) is 11.3. The third-order valence-electron chi connectivity index (χ3n) is 8.50. The normalized spacial score (nSPS) is 33.2. The minimum absolute atomic E-state index is 0.105. The second-order valence-corrected chi connectivity index (χ2v) is 11.3. The van der Waals surface area contributed by atoms with Crippen molar-refractivity contribution in [1.82, 2.24) is 0 Å². The fourth-order valence-electron chi connectivity index (χ4n) is 6.34. The number of rotatable bonds is 13. The van der Waals surface area contributed by atoms with Crippen LogP contribution < -0.4 is 0 Å². The smallest absolute Gasteiger partial charge is 0.378 e. The highest BCUT2D eigenvalue weighted by atomic mass is 19.4. The van der Waals surface area contributed by atoms with E-state index in [9.17, 15) is 13.2 Å². The van der Waals surface area contributed by atoms with E-state index in [-0.39, 0.29) is 18.6 Å². The molecule has 0 unspecified atom stereocenters. The Hall–Kier alpha value is -0.330. The average Bonchev–Trinajstić information content (AvgIpc) is 2.84. The molecule has 3 rings (SSSR count). The maximum absolute atomic E-state index is 12.3. The maximum Gasteiger partial charge on any atom is 0.389 e. The van der Waals surface area contributed by atoms with Crippen molar-refractivity contribution in [2.75, 3.05) is 19.8 Å². The zero-order chi connectivity index (χ0) is 24.2. The average molecular weight is 491 g/mol. The largest absolute Gasteiger partial charge is 0.389 e. The minimum Gasteiger partial charge on any atom is -0.378 e. The molecule has 0 spiro atoms. The van der Waals surface area contributed by atoms with E-state index in [0.29, 0.717) is 31.7 Å². The standard InChI is InChI=1S/C28H49F3O3/c1-2-3-4-5-6-7-19-32-26-16-14-24(15-17-26)23-10-12-25(13-11-23)27-33-20-22(21-34-27)9-8-18-28(29,30)31/h22-27H,2-21H2,1H3. The zero-order valence-corrected chi connectivity index (χ0v) is 21.5. The van der Waals surface area contributed by atoms with Gasteiger partial charge in [0, 0.05) is 24.9 Å². The van der Waals surface area contributed by atoms with Crippen molar-refractivity contribution < 1.29 is 27.4 Å². The monoisotopic (exact) mass is 490 g/mol. The Morgan fingerprint density at radius 3 is 1.88 bits per heavy atom. The SMILES string of the molecule is CCCCCCCCOC1CCC(C2CCC(C3OCC(CCCC(F)(F)F)CO3)CC2)CC1. The first-order valence-electron chi connectivity index (χ1n) is 14.4. The summed E-state index contributed by atoms with van der Waals surface area (Å²) < 4.78 is 55.1. The Labute approximate surface area is 205 Å². The maximum atomic E-state index is 12.3. The summed E-state index contributed by atoms with van der Waals surface area (Å²) in [5.41, 5.74) is 0. The second kappa shape index (κ2) is 15.0. The molecule has 34 heavy (non-hydrogen) atoms. The van der Waals surface area contributed by atoms with Gasteiger partial charge in [0.15, 0.2) is 6.29 Å². The number of halogens is 3. The van der Waals surface area contributed by atoms with E-state index in [0.717, 1.165) is 31.3 Å². The Balaban J connectivity index is 1.22. The van der Waals surface area contributed by atoms with Crippen LogP contribution in [0.2, 0.25) is 0 Å². The van der Waals surface area contributed by atoms with E-state index in [1.165, 1.54) is 77.0 Å². The van der Waals surface area contributed by atoms with Crippen LogP contribution in [0.5, 0.6) is 0 Å². The van der Waals surface area contributed by atoms with Crippen molar-refractivity contribution in [1.29, 1.82) is 0 Å². The van der Waals surface area contributed by atoms with Gasteiger partial charge < -0.3 is 14.2 Å². The lowest BCUT2D eigenvalue weighted by Crippen LogP contribution is -2.39. The van der Waals surface area contributed by atoms with E-state index in [4.69, 9.17) is 14.2 Å². The van der Waals surface area contributed by atoms with Gasteiger partial charge >= 0.3 is 6.18 Å². The molecule has 3 nitrogen and oxygen atoms in total. The molecule has 1 heterocycles. The van der Waals surface area contributed by atoms with Crippen LogP contribution in [0.4, 0.5) is 13.2 Å². The third kappa shape index (κ3) is 10.3. The predicted molar refractivity (Wildman–Crippen MR) is 130 cm³/mol. The van der Waals surface area contributed by atoms with Crippen molar-refractivity contribution >= 4 is 0 Å². The van der Waals surface area contributed by atoms with Crippen molar-refractivity contribution in [3.8, 4) is 0 Å². The molecular weight excluding hydrogens is 441 g/mol. The van der Waals surface area contributed by atoms with Gasteiger partial charge in [-0.2, -0.15) is 13.2 Å². The molecule has 1 saturated heterocycles. The number of ether oxygens (including phenoxy) is 3. The molecule has 1 aliphatic heterocycles. The van der Waals surface area contributed by atoms with Gasteiger partial charge in [0.2, 0.25) is 0 Å². The summed E-state index contributed by atoms with van der Waals surface area (Å²) in [5.74, 6) is 2.23.